The first-order chi connectivity index (χ1) is 8.33. The quantitative estimate of drug-likeness (QED) is 0.552. The van der Waals surface area contributed by atoms with Crippen molar-refractivity contribution in [2.45, 2.75) is 24.0 Å². The minimum atomic E-state index is 0.786. The van der Waals surface area contributed by atoms with Crippen LogP contribution >= 0.6 is 34.4 Å². The second-order valence-corrected chi connectivity index (χ2v) is 7.16. The molecule has 2 aromatic rings. The van der Waals surface area contributed by atoms with Gasteiger partial charge in [-0.15, -0.1) is 34.4 Å². The smallest absolute Gasteiger partial charge is 0.110 e. The largest absolute Gasteiger partial charge is 0.192 e. The number of nitriles is 1. The van der Waals surface area contributed by atoms with E-state index in [1.807, 2.05) is 35.2 Å². The minimum Gasteiger partial charge on any atom is -0.192 e. The van der Waals surface area contributed by atoms with E-state index in [2.05, 4.69) is 25.1 Å². The van der Waals surface area contributed by atoms with Gasteiger partial charge in [-0.3, -0.25) is 0 Å². The Morgan fingerprint density at radius 1 is 1.18 bits per heavy atom. The van der Waals surface area contributed by atoms with Crippen molar-refractivity contribution in [2.75, 3.05) is 5.75 Å². The zero-order valence-corrected chi connectivity index (χ0v) is 12.1. The molecule has 0 atom stereocenters. The molecule has 0 saturated carbocycles. The van der Waals surface area contributed by atoms with Crippen molar-refractivity contribution in [1.82, 2.24) is 0 Å². The fourth-order valence-corrected chi connectivity index (χ4v) is 4.56. The molecule has 0 saturated heterocycles. The fourth-order valence-electron chi connectivity index (χ4n) is 1.38. The Kier molecular flexibility index (Phi) is 4.66. The van der Waals surface area contributed by atoms with E-state index in [0.717, 1.165) is 4.88 Å². The van der Waals surface area contributed by atoms with E-state index in [-0.39, 0.29) is 0 Å². The van der Waals surface area contributed by atoms with E-state index < -0.39 is 0 Å². The highest BCUT2D eigenvalue weighted by molar-refractivity contribution is 8.01. The Balaban J connectivity index is 2.05. The van der Waals surface area contributed by atoms with Gasteiger partial charge in [0.15, 0.2) is 0 Å². The zero-order valence-electron chi connectivity index (χ0n) is 9.60. The molecule has 88 valence electrons. The van der Waals surface area contributed by atoms with Gasteiger partial charge in [0.05, 0.1) is 4.21 Å². The summed E-state index contributed by atoms with van der Waals surface area (Å²) in [5.74, 6) is 1.20. The van der Waals surface area contributed by atoms with Crippen LogP contribution in [0.25, 0.3) is 9.75 Å². The highest BCUT2D eigenvalue weighted by Crippen LogP contribution is 2.37. The Bertz CT molecular complexity index is 519. The lowest BCUT2D eigenvalue weighted by molar-refractivity contribution is 0.896. The Labute approximate surface area is 114 Å². The minimum absolute atomic E-state index is 0.786. The van der Waals surface area contributed by atoms with Crippen molar-refractivity contribution < 1.29 is 0 Å². The second-order valence-electron chi connectivity index (χ2n) is 3.60. The summed E-state index contributed by atoms with van der Waals surface area (Å²) in [5, 5.41) is 8.81. The van der Waals surface area contributed by atoms with Crippen LogP contribution in [0.5, 0.6) is 0 Å². The van der Waals surface area contributed by atoms with Gasteiger partial charge in [0.25, 0.3) is 0 Å². The molecule has 0 spiro atoms. The third kappa shape index (κ3) is 3.35. The lowest BCUT2D eigenvalue weighted by Crippen LogP contribution is -1.73. The number of hydrogen-bond acceptors (Lipinski definition) is 4. The van der Waals surface area contributed by atoms with Gasteiger partial charge in [0, 0.05) is 9.75 Å². The molecule has 1 nitrogen and oxygen atoms in total. The van der Waals surface area contributed by atoms with Gasteiger partial charge in [0.1, 0.15) is 10.9 Å². The Morgan fingerprint density at radius 2 is 1.94 bits per heavy atom. The van der Waals surface area contributed by atoms with Gasteiger partial charge in [-0.05, 0) is 36.4 Å². The average molecular weight is 279 g/mol. The normalized spacial score (nSPS) is 10.4. The van der Waals surface area contributed by atoms with Gasteiger partial charge in [-0.1, -0.05) is 13.3 Å². The van der Waals surface area contributed by atoms with Gasteiger partial charge in [0.2, 0.25) is 0 Å². The molecule has 0 aliphatic carbocycles. The van der Waals surface area contributed by atoms with Crippen LogP contribution in [-0.2, 0) is 0 Å². The monoisotopic (exact) mass is 279 g/mol. The first kappa shape index (κ1) is 12.7. The number of nitrogens with zero attached hydrogens (tertiary/aromatic N) is 1. The molecule has 0 N–H and O–H groups in total. The highest BCUT2D eigenvalue weighted by Gasteiger charge is 2.06. The number of thioether (sulfide) groups is 1. The van der Waals surface area contributed by atoms with Crippen LogP contribution in [0.15, 0.2) is 28.5 Å². The number of rotatable bonds is 5. The van der Waals surface area contributed by atoms with E-state index in [0.29, 0.717) is 0 Å². The zero-order chi connectivity index (χ0) is 12.1. The van der Waals surface area contributed by atoms with Crippen molar-refractivity contribution in [3.63, 3.8) is 0 Å². The standard InChI is InChI=1S/C13H13NS3/c1-2-3-8-15-13-7-6-12(17-13)11-5-4-10(9-14)16-11/h4-7H,2-3,8H2,1H3. The number of thiophene rings is 2. The molecule has 0 amide bonds. The lowest BCUT2D eigenvalue weighted by atomic mass is 10.4. The molecule has 0 aliphatic rings. The van der Waals surface area contributed by atoms with Crippen molar-refractivity contribution >= 4 is 34.4 Å². The molecule has 0 unspecified atom stereocenters. The summed E-state index contributed by atoms with van der Waals surface area (Å²) in [6.45, 7) is 2.22. The molecule has 0 aliphatic heterocycles. The fraction of sp³-hybridized carbons (Fsp3) is 0.308. The third-order valence-corrected chi connectivity index (χ3v) is 5.87. The van der Waals surface area contributed by atoms with E-state index in [9.17, 15) is 0 Å². The number of unbranched alkanes of at least 4 members (excludes halogenated alkanes) is 1. The van der Waals surface area contributed by atoms with Crippen LogP contribution < -0.4 is 0 Å². The van der Waals surface area contributed by atoms with Gasteiger partial charge in [-0.2, -0.15) is 5.26 Å². The predicted molar refractivity (Wildman–Crippen MR) is 78.0 cm³/mol. The van der Waals surface area contributed by atoms with E-state index in [1.54, 1.807) is 11.3 Å². The average Bonchev–Trinajstić information content (AvgIpc) is 2.97. The molecule has 0 radical (unpaired) electrons. The molecule has 0 bridgehead atoms. The highest BCUT2D eigenvalue weighted by atomic mass is 32.2. The molecular formula is C13H13NS3. The van der Waals surface area contributed by atoms with Crippen molar-refractivity contribution in [1.29, 1.82) is 5.26 Å². The van der Waals surface area contributed by atoms with Gasteiger partial charge in [-0.25, -0.2) is 0 Å². The van der Waals surface area contributed by atoms with Crippen LogP contribution in [0.4, 0.5) is 0 Å². The van der Waals surface area contributed by atoms with E-state index in [1.165, 1.54) is 32.6 Å². The lowest BCUT2D eigenvalue weighted by Gasteiger charge is -1.94. The first-order valence-electron chi connectivity index (χ1n) is 5.56. The second kappa shape index (κ2) is 6.25. The van der Waals surface area contributed by atoms with Crippen LogP contribution in [0.1, 0.15) is 24.6 Å². The summed E-state index contributed by atoms with van der Waals surface area (Å²) in [6, 6.07) is 10.5. The maximum Gasteiger partial charge on any atom is 0.110 e. The van der Waals surface area contributed by atoms with E-state index >= 15 is 0 Å². The van der Waals surface area contributed by atoms with E-state index in [4.69, 9.17) is 5.26 Å². The summed E-state index contributed by atoms with van der Waals surface area (Å²) in [5.41, 5.74) is 0. The maximum atomic E-state index is 8.81. The Hall–Kier alpha value is -0.760. The molecular weight excluding hydrogens is 266 g/mol. The molecule has 17 heavy (non-hydrogen) atoms. The molecule has 4 heteroatoms. The summed E-state index contributed by atoms with van der Waals surface area (Å²) in [4.78, 5) is 3.26. The van der Waals surface area contributed by atoms with Crippen LogP contribution in [0.3, 0.4) is 0 Å². The molecule has 2 aromatic heterocycles. The molecule has 2 rings (SSSR count). The summed E-state index contributed by atoms with van der Waals surface area (Å²) >= 11 is 5.32. The Morgan fingerprint density at radius 3 is 2.65 bits per heavy atom. The molecule has 0 aromatic carbocycles. The summed E-state index contributed by atoms with van der Waals surface area (Å²) in [7, 11) is 0. The third-order valence-electron chi connectivity index (χ3n) is 2.28. The maximum absolute atomic E-state index is 8.81. The summed E-state index contributed by atoms with van der Waals surface area (Å²) < 4.78 is 1.38. The molecule has 0 fully saturated rings. The van der Waals surface area contributed by atoms with Crippen LogP contribution in [0.2, 0.25) is 0 Å². The topological polar surface area (TPSA) is 23.8 Å². The van der Waals surface area contributed by atoms with Gasteiger partial charge >= 0.3 is 0 Å². The van der Waals surface area contributed by atoms with Gasteiger partial charge < -0.3 is 0 Å². The molecule has 2 heterocycles. The predicted octanol–water partition coefficient (Wildman–Crippen LogP) is 5.24. The van der Waals surface area contributed by atoms with Crippen LogP contribution in [0, 0.1) is 11.3 Å². The number of hydrogen-bond donors (Lipinski definition) is 0. The SMILES string of the molecule is CCCCSc1ccc(-c2ccc(C#N)s2)s1. The van der Waals surface area contributed by atoms with Crippen molar-refractivity contribution in [3.8, 4) is 15.8 Å². The van der Waals surface area contributed by atoms with Crippen molar-refractivity contribution in [3.05, 3.63) is 29.1 Å². The first-order valence-corrected chi connectivity index (χ1v) is 8.18. The van der Waals surface area contributed by atoms with Crippen LogP contribution in [-0.4, -0.2) is 5.75 Å². The summed E-state index contributed by atoms with van der Waals surface area (Å²) in [6.07, 6.45) is 2.52. The van der Waals surface area contributed by atoms with Crippen molar-refractivity contribution in [2.24, 2.45) is 0 Å².